The molecule has 1 aromatic rings. The number of sulfonamides is 1. The molecule has 20 heavy (non-hydrogen) atoms. The van der Waals surface area contributed by atoms with Crippen LogP contribution in [0.2, 0.25) is 0 Å². The second-order valence-electron chi connectivity index (χ2n) is 5.03. The molecular weight excluding hydrogens is 276 g/mol. The number of rotatable bonds is 5. The Morgan fingerprint density at radius 3 is 2.90 bits per heavy atom. The van der Waals surface area contributed by atoms with Gasteiger partial charge in [0.05, 0.1) is 5.75 Å². The smallest absolute Gasteiger partial charge is 0.211 e. The maximum atomic E-state index is 11.5. The Bertz CT molecular complexity index is 545. The van der Waals surface area contributed by atoms with Crippen LogP contribution in [0.25, 0.3) is 0 Å². The summed E-state index contributed by atoms with van der Waals surface area (Å²) in [6.45, 7) is 6.31. The lowest BCUT2D eigenvalue weighted by Crippen LogP contribution is -2.43. The second-order valence-corrected chi connectivity index (χ2v) is 7.12. The van der Waals surface area contributed by atoms with Crippen molar-refractivity contribution in [1.82, 2.24) is 9.62 Å². The van der Waals surface area contributed by atoms with Crippen LogP contribution < -0.4 is 9.46 Å². The number of para-hydroxylation sites is 1. The van der Waals surface area contributed by atoms with E-state index in [1.165, 1.54) is 0 Å². The molecule has 0 spiro atoms. The van der Waals surface area contributed by atoms with Gasteiger partial charge in [0.15, 0.2) is 0 Å². The number of nitrogens with one attached hydrogen (secondary N) is 1. The van der Waals surface area contributed by atoms with E-state index in [0.29, 0.717) is 13.2 Å². The predicted molar refractivity (Wildman–Crippen MR) is 79.3 cm³/mol. The first-order valence-electron chi connectivity index (χ1n) is 6.94. The van der Waals surface area contributed by atoms with Gasteiger partial charge in [0.2, 0.25) is 10.0 Å². The van der Waals surface area contributed by atoms with Crippen molar-refractivity contribution in [3.63, 3.8) is 0 Å². The summed E-state index contributed by atoms with van der Waals surface area (Å²) >= 11 is 0. The van der Waals surface area contributed by atoms with Gasteiger partial charge in [-0.3, -0.25) is 4.90 Å². The summed E-state index contributed by atoms with van der Waals surface area (Å²) < 4.78 is 31.4. The van der Waals surface area contributed by atoms with Crippen LogP contribution in [0, 0.1) is 0 Å². The molecule has 0 aliphatic carbocycles. The van der Waals surface area contributed by atoms with Gasteiger partial charge >= 0.3 is 0 Å². The molecule has 0 saturated heterocycles. The van der Waals surface area contributed by atoms with E-state index in [1.807, 2.05) is 25.1 Å². The van der Waals surface area contributed by atoms with Gasteiger partial charge in [-0.2, -0.15) is 0 Å². The topological polar surface area (TPSA) is 58.6 Å². The molecule has 6 heteroatoms. The Labute approximate surface area is 121 Å². The van der Waals surface area contributed by atoms with E-state index < -0.39 is 10.0 Å². The number of fused-ring (bicyclic) bond motifs is 1. The molecule has 1 unspecified atom stereocenters. The van der Waals surface area contributed by atoms with Crippen molar-refractivity contribution in [3.05, 3.63) is 29.8 Å². The molecule has 0 aromatic heterocycles. The van der Waals surface area contributed by atoms with Crippen molar-refractivity contribution < 1.29 is 13.2 Å². The Morgan fingerprint density at radius 1 is 1.40 bits per heavy atom. The maximum Gasteiger partial charge on any atom is 0.211 e. The molecule has 1 aromatic carbocycles. The van der Waals surface area contributed by atoms with Gasteiger partial charge in [-0.15, -0.1) is 0 Å². The minimum absolute atomic E-state index is 0.117. The van der Waals surface area contributed by atoms with E-state index in [2.05, 4.69) is 15.7 Å². The number of hydrogen-bond acceptors (Lipinski definition) is 4. The largest absolute Gasteiger partial charge is 0.492 e. The molecule has 1 aliphatic rings. The third-order valence-electron chi connectivity index (χ3n) is 3.58. The second kappa shape index (κ2) is 6.56. The van der Waals surface area contributed by atoms with Gasteiger partial charge in [-0.1, -0.05) is 18.2 Å². The van der Waals surface area contributed by atoms with Crippen molar-refractivity contribution in [2.45, 2.75) is 26.4 Å². The summed E-state index contributed by atoms with van der Waals surface area (Å²) in [5, 5.41) is 0. The molecule has 2 rings (SSSR count). The summed E-state index contributed by atoms with van der Waals surface area (Å²) in [4.78, 5) is 2.24. The van der Waals surface area contributed by atoms with Crippen molar-refractivity contribution in [2.75, 3.05) is 25.4 Å². The van der Waals surface area contributed by atoms with Crippen molar-refractivity contribution in [1.29, 1.82) is 0 Å². The monoisotopic (exact) mass is 298 g/mol. The molecule has 0 fully saturated rings. The molecule has 5 nitrogen and oxygen atoms in total. The van der Waals surface area contributed by atoms with E-state index in [4.69, 9.17) is 4.74 Å². The number of hydrogen-bond donors (Lipinski definition) is 1. The lowest BCUT2D eigenvalue weighted by molar-refractivity contribution is 0.180. The lowest BCUT2D eigenvalue weighted by Gasteiger charge is -2.27. The molecule has 1 heterocycles. The Morgan fingerprint density at radius 2 is 2.15 bits per heavy atom. The summed E-state index contributed by atoms with van der Waals surface area (Å²) in [6, 6.07) is 8.12. The average molecular weight is 298 g/mol. The molecular formula is C14H22N2O3S. The summed E-state index contributed by atoms with van der Waals surface area (Å²) in [6.07, 6.45) is 0. The standard InChI is InChI=1S/C14H22N2O3S/c1-3-20(17,18)15-10-12(2)16-8-9-19-14-7-5-4-6-13(14)11-16/h4-7,12,15H,3,8-11H2,1-2H3. The minimum atomic E-state index is -3.13. The summed E-state index contributed by atoms with van der Waals surface area (Å²) in [5.41, 5.74) is 1.15. The highest BCUT2D eigenvalue weighted by Crippen LogP contribution is 2.23. The van der Waals surface area contributed by atoms with Gasteiger partial charge in [0, 0.05) is 31.2 Å². The van der Waals surface area contributed by atoms with Crippen LogP contribution in [0.5, 0.6) is 5.75 Å². The summed E-state index contributed by atoms with van der Waals surface area (Å²) in [7, 11) is -3.13. The molecule has 0 radical (unpaired) electrons. The molecule has 0 saturated carbocycles. The van der Waals surface area contributed by atoms with E-state index in [9.17, 15) is 8.42 Å². The van der Waals surface area contributed by atoms with E-state index in [-0.39, 0.29) is 11.8 Å². The lowest BCUT2D eigenvalue weighted by atomic mass is 10.1. The fourth-order valence-electron chi connectivity index (χ4n) is 2.20. The highest BCUT2D eigenvalue weighted by Gasteiger charge is 2.20. The molecule has 0 bridgehead atoms. The van der Waals surface area contributed by atoms with Crippen LogP contribution in [0.4, 0.5) is 0 Å². The zero-order valence-electron chi connectivity index (χ0n) is 12.0. The van der Waals surface area contributed by atoms with Gasteiger partial charge < -0.3 is 4.74 Å². The van der Waals surface area contributed by atoms with Crippen LogP contribution in [0.1, 0.15) is 19.4 Å². The molecule has 112 valence electrons. The van der Waals surface area contributed by atoms with Crippen LogP contribution in [-0.2, 0) is 16.6 Å². The average Bonchev–Trinajstić information content (AvgIpc) is 2.67. The molecule has 0 amide bonds. The number of benzene rings is 1. The van der Waals surface area contributed by atoms with Crippen LogP contribution in [0.15, 0.2) is 24.3 Å². The maximum absolute atomic E-state index is 11.5. The van der Waals surface area contributed by atoms with E-state index >= 15 is 0 Å². The highest BCUT2D eigenvalue weighted by molar-refractivity contribution is 7.89. The van der Waals surface area contributed by atoms with Crippen LogP contribution in [0.3, 0.4) is 0 Å². The van der Waals surface area contributed by atoms with E-state index in [0.717, 1.165) is 24.4 Å². The Kier molecular flexibility index (Phi) is 5.01. The highest BCUT2D eigenvalue weighted by atomic mass is 32.2. The quantitative estimate of drug-likeness (QED) is 0.887. The number of nitrogens with zero attached hydrogens (tertiary/aromatic N) is 1. The van der Waals surface area contributed by atoms with Crippen LogP contribution >= 0.6 is 0 Å². The van der Waals surface area contributed by atoms with Crippen LogP contribution in [-0.4, -0.2) is 44.8 Å². The Balaban J connectivity index is 1.99. The molecule has 1 atom stereocenters. The Hall–Kier alpha value is -1.11. The predicted octanol–water partition coefficient (Wildman–Crippen LogP) is 1.21. The molecule has 1 aliphatic heterocycles. The van der Waals surface area contributed by atoms with Crippen molar-refractivity contribution in [2.24, 2.45) is 0 Å². The van der Waals surface area contributed by atoms with Crippen molar-refractivity contribution >= 4 is 10.0 Å². The first-order valence-corrected chi connectivity index (χ1v) is 8.59. The normalized spacial score (nSPS) is 17.9. The minimum Gasteiger partial charge on any atom is -0.492 e. The van der Waals surface area contributed by atoms with Gasteiger partial charge in [-0.05, 0) is 19.9 Å². The SMILES string of the molecule is CCS(=O)(=O)NCC(C)N1CCOc2ccccc2C1. The number of ether oxygens (including phenoxy) is 1. The van der Waals surface area contributed by atoms with Gasteiger partial charge in [0.1, 0.15) is 12.4 Å². The fraction of sp³-hybridized carbons (Fsp3) is 0.571. The first-order chi connectivity index (χ1) is 9.52. The third-order valence-corrected chi connectivity index (χ3v) is 4.95. The third kappa shape index (κ3) is 3.94. The summed E-state index contributed by atoms with van der Waals surface area (Å²) in [5.74, 6) is 1.04. The van der Waals surface area contributed by atoms with Gasteiger partial charge in [0.25, 0.3) is 0 Å². The van der Waals surface area contributed by atoms with Crippen molar-refractivity contribution in [3.8, 4) is 5.75 Å². The zero-order valence-corrected chi connectivity index (χ0v) is 12.8. The molecule has 1 N–H and O–H groups in total. The van der Waals surface area contributed by atoms with Gasteiger partial charge in [-0.25, -0.2) is 13.1 Å². The zero-order chi connectivity index (χ0) is 14.6. The van der Waals surface area contributed by atoms with E-state index in [1.54, 1.807) is 6.92 Å². The fourth-order valence-corrected chi connectivity index (χ4v) is 2.90. The first kappa shape index (κ1) is 15.3.